The summed E-state index contributed by atoms with van der Waals surface area (Å²) in [5.41, 5.74) is 9.29. The lowest BCUT2D eigenvalue weighted by Gasteiger charge is -2.14. The van der Waals surface area contributed by atoms with Gasteiger partial charge in [0.1, 0.15) is 11.3 Å². The van der Waals surface area contributed by atoms with Crippen molar-refractivity contribution in [3.63, 3.8) is 0 Å². The Labute approximate surface area is 137 Å². The van der Waals surface area contributed by atoms with E-state index < -0.39 is 0 Å². The molecule has 1 atom stereocenters. The average molecular weight is 365 g/mol. The molecule has 21 heavy (non-hydrogen) atoms. The summed E-state index contributed by atoms with van der Waals surface area (Å²) in [5.74, 6) is 0.919. The fourth-order valence-electron chi connectivity index (χ4n) is 2.63. The summed E-state index contributed by atoms with van der Waals surface area (Å²) in [6.45, 7) is 2.07. The van der Waals surface area contributed by atoms with Crippen LogP contribution in [0.5, 0.6) is 0 Å². The first-order valence-electron chi connectivity index (χ1n) is 6.82. The Kier molecular flexibility index (Phi) is 4.07. The number of hydrogen-bond acceptors (Lipinski definition) is 2. The SMILES string of the molecule is CCc1oc2ccccc2c1C(N)c1ccc(Br)cc1Cl. The predicted octanol–water partition coefficient (Wildman–Crippen LogP) is 5.46. The molecule has 4 heteroatoms. The highest BCUT2D eigenvalue weighted by Gasteiger charge is 2.21. The summed E-state index contributed by atoms with van der Waals surface area (Å²) < 4.78 is 6.86. The molecule has 0 amide bonds. The van der Waals surface area contributed by atoms with Gasteiger partial charge in [0.05, 0.1) is 6.04 Å². The van der Waals surface area contributed by atoms with Crippen molar-refractivity contribution in [2.75, 3.05) is 0 Å². The molecule has 3 rings (SSSR count). The van der Waals surface area contributed by atoms with E-state index in [2.05, 4.69) is 22.9 Å². The zero-order valence-corrected chi connectivity index (χ0v) is 13.9. The van der Waals surface area contributed by atoms with Gasteiger partial charge in [-0.2, -0.15) is 0 Å². The molecule has 108 valence electrons. The van der Waals surface area contributed by atoms with Crippen LogP contribution in [-0.4, -0.2) is 0 Å². The van der Waals surface area contributed by atoms with E-state index in [0.29, 0.717) is 5.02 Å². The first-order chi connectivity index (χ1) is 10.1. The molecule has 2 nitrogen and oxygen atoms in total. The summed E-state index contributed by atoms with van der Waals surface area (Å²) >= 11 is 9.77. The van der Waals surface area contributed by atoms with Crippen LogP contribution in [0.3, 0.4) is 0 Å². The first kappa shape index (κ1) is 14.6. The molecule has 1 aromatic heterocycles. The van der Waals surface area contributed by atoms with Crippen LogP contribution in [0.4, 0.5) is 0 Å². The smallest absolute Gasteiger partial charge is 0.134 e. The summed E-state index contributed by atoms with van der Waals surface area (Å²) in [4.78, 5) is 0. The number of fused-ring (bicyclic) bond motifs is 1. The van der Waals surface area contributed by atoms with Crippen molar-refractivity contribution < 1.29 is 4.42 Å². The molecule has 2 aromatic carbocycles. The number of para-hydroxylation sites is 1. The van der Waals surface area contributed by atoms with Crippen LogP contribution in [0, 0.1) is 0 Å². The standard InChI is InChI=1S/C17H15BrClNO/c1-2-14-16(12-5-3-4-6-15(12)21-14)17(20)11-8-7-10(18)9-13(11)19/h3-9,17H,2,20H2,1H3. The molecule has 0 aliphatic heterocycles. The van der Waals surface area contributed by atoms with Crippen molar-refractivity contribution in [1.29, 1.82) is 0 Å². The fourth-order valence-corrected chi connectivity index (χ4v) is 3.42. The van der Waals surface area contributed by atoms with E-state index in [-0.39, 0.29) is 6.04 Å². The molecule has 0 bridgehead atoms. The maximum Gasteiger partial charge on any atom is 0.134 e. The number of halogens is 2. The molecule has 1 unspecified atom stereocenters. The molecule has 0 saturated carbocycles. The second-order valence-electron chi connectivity index (χ2n) is 4.93. The molecule has 2 N–H and O–H groups in total. The van der Waals surface area contributed by atoms with E-state index in [1.165, 1.54) is 0 Å². The largest absolute Gasteiger partial charge is 0.461 e. The molecule has 0 fully saturated rings. The Bertz CT molecular complexity index is 797. The lowest BCUT2D eigenvalue weighted by atomic mass is 9.96. The Morgan fingerprint density at radius 2 is 2.00 bits per heavy atom. The first-order valence-corrected chi connectivity index (χ1v) is 7.99. The predicted molar refractivity (Wildman–Crippen MR) is 90.8 cm³/mol. The summed E-state index contributed by atoms with van der Waals surface area (Å²) in [6.07, 6.45) is 0.797. The van der Waals surface area contributed by atoms with Gasteiger partial charge in [-0.05, 0) is 23.8 Å². The molecule has 1 heterocycles. The summed E-state index contributed by atoms with van der Waals surface area (Å²) in [7, 11) is 0. The third-order valence-corrected chi connectivity index (χ3v) is 4.46. The minimum Gasteiger partial charge on any atom is -0.461 e. The van der Waals surface area contributed by atoms with E-state index in [9.17, 15) is 0 Å². The third-order valence-electron chi connectivity index (χ3n) is 3.64. The fraction of sp³-hybridized carbons (Fsp3) is 0.176. The van der Waals surface area contributed by atoms with Gasteiger partial charge in [0.15, 0.2) is 0 Å². The molecule has 3 aromatic rings. The van der Waals surface area contributed by atoms with Crippen molar-refractivity contribution >= 4 is 38.5 Å². The van der Waals surface area contributed by atoms with Crippen LogP contribution < -0.4 is 5.73 Å². The van der Waals surface area contributed by atoms with Gasteiger partial charge in [-0.15, -0.1) is 0 Å². The van der Waals surface area contributed by atoms with Crippen LogP contribution in [-0.2, 0) is 6.42 Å². The van der Waals surface area contributed by atoms with E-state index >= 15 is 0 Å². The Hall–Kier alpha value is -1.29. The number of rotatable bonds is 3. The van der Waals surface area contributed by atoms with Crippen LogP contribution >= 0.6 is 27.5 Å². The quantitative estimate of drug-likeness (QED) is 0.670. The Morgan fingerprint density at radius 1 is 1.24 bits per heavy atom. The highest BCUT2D eigenvalue weighted by atomic mass is 79.9. The van der Waals surface area contributed by atoms with Crippen molar-refractivity contribution in [2.24, 2.45) is 5.73 Å². The highest BCUT2D eigenvalue weighted by molar-refractivity contribution is 9.10. The second kappa shape index (κ2) is 5.84. The van der Waals surface area contributed by atoms with Gasteiger partial charge >= 0.3 is 0 Å². The summed E-state index contributed by atoms with van der Waals surface area (Å²) in [5, 5.41) is 1.71. The zero-order chi connectivity index (χ0) is 15.0. The molecule has 0 aliphatic carbocycles. The molecule has 0 radical (unpaired) electrons. The Morgan fingerprint density at radius 3 is 2.71 bits per heavy atom. The number of hydrogen-bond donors (Lipinski definition) is 1. The van der Waals surface area contributed by atoms with Gasteiger partial charge in [0, 0.05) is 26.9 Å². The monoisotopic (exact) mass is 363 g/mol. The van der Waals surface area contributed by atoms with Crippen molar-refractivity contribution in [3.05, 3.63) is 68.8 Å². The topological polar surface area (TPSA) is 39.2 Å². The maximum atomic E-state index is 6.49. The minimum absolute atomic E-state index is 0.302. The zero-order valence-electron chi connectivity index (χ0n) is 11.6. The van der Waals surface area contributed by atoms with Crippen LogP contribution in [0.2, 0.25) is 5.02 Å². The number of benzene rings is 2. The van der Waals surface area contributed by atoms with Crippen LogP contribution in [0.25, 0.3) is 11.0 Å². The average Bonchev–Trinajstić information content (AvgIpc) is 2.85. The number of furan rings is 1. The van der Waals surface area contributed by atoms with Crippen molar-refractivity contribution in [3.8, 4) is 0 Å². The second-order valence-corrected chi connectivity index (χ2v) is 6.26. The summed E-state index contributed by atoms with van der Waals surface area (Å²) in [6, 6.07) is 13.4. The number of aryl methyl sites for hydroxylation is 1. The number of nitrogens with two attached hydrogens (primary N) is 1. The molecule has 0 aliphatic rings. The molecule has 0 spiro atoms. The van der Waals surface area contributed by atoms with E-state index in [4.69, 9.17) is 21.8 Å². The molecular formula is C17H15BrClNO. The van der Waals surface area contributed by atoms with E-state index in [1.54, 1.807) is 0 Å². The van der Waals surface area contributed by atoms with Gasteiger partial charge in [0.25, 0.3) is 0 Å². The highest BCUT2D eigenvalue weighted by Crippen LogP contribution is 2.36. The van der Waals surface area contributed by atoms with Crippen LogP contribution in [0.15, 0.2) is 51.4 Å². The Balaban J connectivity index is 2.18. The minimum atomic E-state index is -0.302. The lowest BCUT2D eigenvalue weighted by Crippen LogP contribution is -2.13. The third kappa shape index (κ3) is 2.61. The van der Waals surface area contributed by atoms with Gasteiger partial charge in [-0.25, -0.2) is 0 Å². The lowest BCUT2D eigenvalue weighted by molar-refractivity contribution is 0.546. The normalized spacial score (nSPS) is 12.8. The van der Waals surface area contributed by atoms with Crippen molar-refractivity contribution in [2.45, 2.75) is 19.4 Å². The van der Waals surface area contributed by atoms with Gasteiger partial charge in [-0.1, -0.05) is 58.7 Å². The van der Waals surface area contributed by atoms with Gasteiger partial charge in [0.2, 0.25) is 0 Å². The molecular weight excluding hydrogens is 350 g/mol. The van der Waals surface area contributed by atoms with Gasteiger partial charge in [-0.3, -0.25) is 0 Å². The van der Waals surface area contributed by atoms with Gasteiger partial charge < -0.3 is 10.2 Å². The van der Waals surface area contributed by atoms with Crippen molar-refractivity contribution in [1.82, 2.24) is 0 Å². The van der Waals surface area contributed by atoms with Crippen LogP contribution in [0.1, 0.15) is 29.9 Å². The van der Waals surface area contributed by atoms with E-state index in [0.717, 1.165) is 38.7 Å². The van der Waals surface area contributed by atoms with E-state index in [1.807, 2.05) is 42.5 Å². The molecule has 0 saturated heterocycles. The maximum absolute atomic E-state index is 6.49.